The highest BCUT2D eigenvalue weighted by molar-refractivity contribution is 5.40. The van der Waals surface area contributed by atoms with E-state index in [1.165, 1.54) is 5.56 Å². The minimum atomic E-state index is 0.121. The van der Waals surface area contributed by atoms with Crippen LogP contribution in [0.1, 0.15) is 37.6 Å². The lowest BCUT2D eigenvalue weighted by Crippen LogP contribution is -2.11. The lowest BCUT2D eigenvalue weighted by molar-refractivity contribution is 0.589. The van der Waals surface area contributed by atoms with Gasteiger partial charge in [-0.25, -0.2) is 4.98 Å². The van der Waals surface area contributed by atoms with E-state index < -0.39 is 0 Å². The van der Waals surface area contributed by atoms with Crippen LogP contribution in [0.15, 0.2) is 42.9 Å². The third kappa shape index (κ3) is 3.18. The third-order valence-corrected chi connectivity index (χ3v) is 2.64. The van der Waals surface area contributed by atoms with E-state index in [9.17, 15) is 0 Å². The van der Waals surface area contributed by atoms with E-state index in [2.05, 4.69) is 42.6 Å². The molecular formula is C16H16N2. The molecule has 90 valence electrons. The third-order valence-electron chi connectivity index (χ3n) is 2.64. The van der Waals surface area contributed by atoms with Crippen LogP contribution in [-0.4, -0.2) is 9.97 Å². The average molecular weight is 236 g/mol. The van der Waals surface area contributed by atoms with Gasteiger partial charge in [0.2, 0.25) is 0 Å². The molecule has 0 saturated carbocycles. The van der Waals surface area contributed by atoms with E-state index in [1.54, 1.807) is 12.4 Å². The molecule has 0 bridgehead atoms. The number of hydrogen-bond acceptors (Lipinski definition) is 2. The maximum absolute atomic E-state index is 4.28. The van der Waals surface area contributed by atoms with E-state index >= 15 is 0 Å². The van der Waals surface area contributed by atoms with Gasteiger partial charge in [-0.15, -0.1) is 0 Å². The molecule has 0 aliphatic rings. The monoisotopic (exact) mass is 236 g/mol. The van der Waals surface area contributed by atoms with Crippen molar-refractivity contribution in [2.24, 2.45) is 0 Å². The van der Waals surface area contributed by atoms with Crippen LogP contribution in [0.5, 0.6) is 0 Å². The van der Waals surface area contributed by atoms with Crippen molar-refractivity contribution in [3.8, 4) is 11.8 Å². The largest absolute Gasteiger partial charge is 0.265 e. The molecule has 0 aliphatic carbocycles. The fourth-order valence-corrected chi connectivity index (χ4v) is 1.54. The predicted octanol–water partition coefficient (Wildman–Crippen LogP) is 3.17. The average Bonchev–Trinajstić information content (AvgIpc) is 2.37. The Morgan fingerprint density at radius 3 is 2.33 bits per heavy atom. The number of hydrogen-bond donors (Lipinski definition) is 0. The first-order chi connectivity index (χ1) is 8.55. The van der Waals surface area contributed by atoms with Crippen LogP contribution in [0.3, 0.4) is 0 Å². The van der Waals surface area contributed by atoms with Crippen LogP contribution in [0.2, 0.25) is 0 Å². The summed E-state index contributed by atoms with van der Waals surface area (Å²) in [6.45, 7) is 6.55. The summed E-state index contributed by atoms with van der Waals surface area (Å²) in [5.74, 6) is 6.17. The first-order valence-corrected chi connectivity index (χ1v) is 5.94. The van der Waals surface area contributed by atoms with Gasteiger partial charge in [-0.3, -0.25) is 4.98 Å². The van der Waals surface area contributed by atoms with Crippen LogP contribution in [-0.2, 0) is 5.41 Å². The molecule has 0 aliphatic heterocycles. The molecule has 2 heterocycles. The van der Waals surface area contributed by atoms with Crippen LogP contribution in [0, 0.1) is 11.8 Å². The van der Waals surface area contributed by atoms with E-state index in [0.717, 1.165) is 11.3 Å². The molecule has 0 fully saturated rings. The first kappa shape index (κ1) is 12.3. The molecule has 0 N–H and O–H groups in total. The highest BCUT2D eigenvalue weighted by Crippen LogP contribution is 2.21. The van der Waals surface area contributed by atoms with Gasteiger partial charge in [-0.1, -0.05) is 26.7 Å². The van der Waals surface area contributed by atoms with Gasteiger partial charge in [0.15, 0.2) is 0 Å². The Morgan fingerprint density at radius 1 is 0.944 bits per heavy atom. The molecule has 0 aromatic carbocycles. The van der Waals surface area contributed by atoms with Gasteiger partial charge in [0.25, 0.3) is 0 Å². The van der Waals surface area contributed by atoms with Crippen molar-refractivity contribution >= 4 is 0 Å². The summed E-state index contributed by atoms with van der Waals surface area (Å²) in [6, 6.07) is 7.87. The molecule has 18 heavy (non-hydrogen) atoms. The lowest BCUT2D eigenvalue weighted by Gasteiger charge is -2.18. The molecule has 2 heteroatoms. The van der Waals surface area contributed by atoms with E-state index in [1.807, 2.05) is 30.5 Å². The zero-order chi connectivity index (χ0) is 13.0. The molecule has 2 aromatic rings. The van der Waals surface area contributed by atoms with Gasteiger partial charge in [0.1, 0.15) is 5.69 Å². The van der Waals surface area contributed by atoms with Crippen molar-refractivity contribution in [3.05, 3.63) is 59.7 Å². The maximum atomic E-state index is 4.28. The second kappa shape index (κ2) is 5.01. The zero-order valence-electron chi connectivity index (χ0n) is 10.9. The van der Waals surface area contributed by atoms with Crippen LogP contribution in [0.25, 0.3) is 0 Å². The van der Waals surface area contributed by atoms with Gasteiger partial charge < -0.3 is 0 Å². The predicted molar refractivity (Wildman–Crippen MR) is 73.2 cm³/mol. The number of aromatic nitrogens is 2. The zero-order valence-corrected chi connectivity index (χ0v) is 10.9. The molecular weight excluding hydrogens is 220 g/mol. The quantitative estimate of drug-likeness (QED) is 0.657. The SMILES string of the molecule is CC(C)(C)c1ccnc(C#Cc2ccncc2)c1. The Morgan fingerprint density at radius 2 is 1.67 bits per heavy atom. The summed E-state index contributed by atoms with van der Waals surface area (Å²) in [5.41, 5.74) is 3.12. The highest BCUT2D eigenvalue weighted by Gasteiger charge is 2.13. The Hall–Kier alpha value is -2.14. The molecule has 0 spiro atoms. The van der Waals surface area contributed by atoms with Gasteiger partial charge in [-0.05, 0) is 41.2 Å². The summed E-state index contributed by atoms with van der Waals surface area (Å²) in [5, 5.41) is 0. The Kier molecular flexibility index (Phi) is 3.43. The van der Waals surface area contributed by atoms with E-state index in [-0.39, 0.29) is 5.41 Å². The second-order valence-electron chi connectivity index (χ2n) is 5.17. The van der Waals surface area contributed by atoms with Crippen molar-refractivity contribution in [2.45, 2.75) is 26.2 Å². The Bertz CT molecular complexity index is 584. The van der Waals surface area contributed by atoms with Crippen molar-refractivity contribution < 1.29 is 0 Å². The van der Waals surface area contributed by atoms with Crippen molar-refractivity contribution in [1.29, 1.82) is 0 Å². The number of pyridine rings is 2. The number of nitrogens with zero attached hydrogens (tertiary/aromatic N) is 2. The fraction of sp³-hybridized carbons (Fsp3) is 0.250. The van der Waals surface area contributed by atoms with E-state index in [0.29, 0.717) is 0 Å². The van der Waals surface area contributed by atoms with Gasteiger partial charge in [0.05, 0.1) is 0 Å². The summed E-state index contributed by atoms with van der Waals surface area (Å²) in [6.07, 6.45) is 5.29. The second-order valence-corrected chi connectivity index (χ2v) is 5.17. The van der Waals surface area contributed by atoms with Crippen LogP contribution < -0.4 is 0 Å². The normalized spacial score (nSPS) is 10.6. The fourth-order valence-electron chi connectivity index (χ4n) is 1.54. The van der Waals surface area contributed by atoms with Gasteiger partial charge in [0, 0.05) is 24.2 Å². The first-order valence-electron chi connectivity index (χ1n) is 5.94. The summed E-state index contributed by atoms with van der Waals surface area (Å²) in [7, 11) is 0. The van der Waals surface area contributed by atoms with E-state index in [4.69, 9.17) is 0 Å². The minimum Gasteiger partial charge on any atom is -0.265 e. The smallest absolute Gasteiger partial charge is 0.113 e. The van der Waals surface area contributed by atoms with Crippen LogP contribution in [0.4, 0.5) is 0 Å². The Balaban J connectivity index is 2.29. The molecule has 0 atom stereocenters. The molecule has 2 nitrogen and oxygen atoms in total. The molecule has 0 radical (unpaired) electrons. The molecule has 0 amide bonds. The summed E-state index contributed by atoms with van der Waals surface area (Å²) < 4.78 is 0. The topological polar surface area (TPSA) is 25.8 Å². The highest BCUT2D eigenvalue weighted by atomic mass is 14.7. The van der Waals surface area contributed by atoms with Gasteiger partial charge >= 0.3 is 0 Å². The van der Waals surface area contributed by atoms with Gasteiger partial charge in [-0.2, -0.15) is 0 Å². The maximum Gasteiger partial charge on any atom is 0.113 e. The summed E-state index contributed by atoms with van der Waals surface area (Å²) in [4.78, 5) is 8.24. The standard InChI is InChI=1S/C16H16N2/c1-16(2,3)14-8-11-18-15(12-14)5-4-13-6-9-17-10-7-13/h6-12H,1-3H3. The van der Waals surface area contributed by atoms with Crippen molar-refractivity contribution in [1.82, 2.24) is 9.97 Å². The molecule has 0 unspecified atom stereocenters. The molecule has 2 aromatic heterocycles. The lowest BCUT2D eigenvalue weighted by atomic mass is 9.87. The van der Waals surface area contributed by atoms with Crippen molar-refractivity contribution in [2.75, 3.05) is 0 Å². The Labute approximate surface area is 108 Å². The minimum absolute atomic E-state index is 0.121. The number of rotatable bonds is 0. The molecule has 2 rings (SSSR count). The van der Waals surface area contributed by atoms with Crippen molar-refractivity contribution in [3.63, 3.8) is 0 Å². The summed E-state index contributed by atoms with van der Waals surface area (Å²) >= 11 is 0. The van der Waals surface area contributed by atoms with Crippen LogP contribution >= 0.6 is 0 Å². The molecule has 0 saturated heterocycles.